The highest BCUT2D eigenvalue weighted by atomic mass is 19.2. The van der Waals surface area contributed by atoms with Gasteiger partial charge >= 0.3 is 0 Å². The van der Waals surface area contributed by atoms with E-state index in [4.69, 9.17) is 0 Å². The van der Waals surface area contributed by atoms with Crippen LogP contribution in [0.1, 0.15) is 95.5 Å². The summed E-state index contributed by atoms with van der Waals surface area (Å²) in [6, 6.07) is 2.45. The second kappa shape index (κ2) is 8.79. The summed E-state index contributed by atoms with van der Waals surface area (Å²) in [6.07, 6.45) is 15.6. The highest BCUT2D eigenvalue weighted by Gasteiger charge is 2.39. The van der Waals surface area contributed by atoms with E-state index in [1.165, 1.54) is 69.9 Å². The van der Waals surface area contributed by atoms with Crippen molar-refractivity contribution in [2.45, 2.75) is 89.9 Å². The lowest BCUT2D eigenvalue weighted by molar-refractivity contribution is 0.0711. The van der Waals surface area contributed by atoms with Crippen LogP contribution in [0.5, 0.6) is 0 Å². The van der Waals surface area contributed by atoms with Gasteiger partial charge in [0, 0.05) is 0 Å². The molecule has 0 nitrogen and oxygen atoms in total. The van der Waals surface area contributed by atoms with Crippen LogP contribution in [0.3, 0.4) is 0 Å². The van der Waals surface area contributed by atoms with Crippen LogP contribution in [-0.2, 0) is 0 Å². The fraction of sp³-hybridized carbons (Fsp3) is 0.760. The molecule has 3 heteroatoms. The molecule has 0 aliphatic heterocycles. The van der Waals surface area contributed by atoms with Gasteiger partial charge in [-0.2, -0.15) is 0 Å². The highest BCUT2D eigenvalue weighted by molar-refractivity contribution is 5.24. The van der Waals surface area contributed by atoms with E-state index >= 15 is 0 Å². The molecule has 0 heterocycles. The Morgan fingerprint density at radius 3 is 1.89 bits per heavy atom. The lowest BCUT2D eigenvalue weighted by Crippen LogP contribution is -2.34. The number of rotatable bonds is 4. The molecule has 0 radical (unpaired) electrons. The van der Waals surface area contributed by atoms with Gasteiger partial charge in [0.25, 0.3) is 0 Å². The van der Waals surface area contributed by atoms with Gasteiger partial charge in [-0.25, -0.2) is 13.2 Å². The first kappa shape index (κ1) is 20.3. The molecule has 0 saturated heterocycles. The smallest absolute Gasteiger partial charge is 0.194 e. The Labute approximate surface area is 168 Å². The normalized spacial score (nSPS) is 36.1. The van der Waals surface area contributed by atoms with E-state index in [2.05, 4.69) is 6.92 Å². The molecule has 1 unspecified atom stereocenters. The van der Waals surface area contributed by atoms with Crippen LogP contribution in [0.2, 0.25) is 0 Å². The summed E-state index contributed by atoms with van der Waals surface area (Å²) in [4.78, 5) is 0. The summed E-state index contributed by atoms with van der Waals surface area (Å²) in [7, 11) is 0. The molecule has 3 aliphatic rings. The maximum Gasteiger partial charge on any atom is 0.194 e. The molecule has 0 aromatic heterocycles. The van der Waals surface area contributed by atoms with Gasteiger partial charge in [-0.05, 0) is 105 Å². The lowest BCUT2D eigenvalue weighted by atomic mass is 9.60. The second-order valence-corrected chi connectivity index (χ2v) is 9.97. The zero-order chi connectivity index (χ0) is 19.7. The van der Waals surface area contributed by atoms with Crippen molar-refractivity contribution in [1.29, 1.82) is 0 Å². The molecule has 4 rings (SSSR count). The Kier molecular flexibility index (Phi) is 6.37. The molecule has 3 fully saturated rings. The monoisotopic (exact) mass is 392 g/mol. The van der Waals surface area contributed by atoms with Crippen molar-refractivity contribution in [2.75, 3.05) is 0 Å². The van der Waals surface area contributed by atoms with Crippen molar-refractivity contribution in [3.63, 3.8) is 0 Å². The van der Waals surface area contributed by atoms with Crippen molar-refractivity contribution in [1.82, 2.24) is 0 Å². The summed E-state index contributed by atoms with van der Waals surface area (Å²) in [5.41, 5.74) is 0.659. The SMILES string of the molecule is CCCC1CCC(C2CC[C@@H]3C[C@H](c4cc(F)c(F)c(F)c4)CC[C@@H]3C2)CC1. The standard InChI is InChI=1S/C25H35F3/c1-2-3-16-4-6-17(7-5-16)18-8-9-20-13-21(11-10-19(20)12-18)22-14-23(26)25(28)24(27)15-22/h14-21H,2-13H2,1H3/t16?,17?,18?,19-,20-,21-/m1/s1. The average Bonchev–Trinajstić information content (AvgIpc) is 2.71. The zero-order valence-electron chi connectivity index (χ0n) is 17.2. The van der Waals surface area contributed by atoms with E-state index in [1.54, 1.807) is 0 Å². The number of fused-ring (bicyclic) bond motifs is 1. The minimum absolute atomic E-state index is 0.187. The minimum atomic E-state index is -1.34. The van der Waals surface area contributed by atoms with Crippen molar-refractivity contribution in [2.24, 2.45) is 29.6 Å². The topological polar surface area (TPSA) is 0 Å². The first-order valence-electron chi connectivity index (χ1n) is 11.7. The van der Waals surface area contributed by atoms with Gasteiger partial charge < -0.3 is 0 Å². The van der Waals surface area contributed by atoms with Gasteiger partial charge in [0.1, 0.15) is 0 Å². The van der Waals surface area contributed by atoms with E-state index in [-0.39, 0.29) is 5.92 Å². The van der Waals surface area contributed by atoms with Gasteiger partial charge in [0.15, 0.2) is 17.5 Å². The van der Waals surface area contributed by atoms with Gasteiger partial charge in [-0.15, -0.1) is 0 Å². The maximum absolute atomic E-state index is 13.6. The summed E-state index contributed by atoms with van der Waals surface area (Å²) in [5, 5.41) is 0. The Hall–Kier alpha value is -0.990. The summed E-state index contributed by atoms with van der Waals surface area (Å²) < 4.78 is 40.6. The molecule has 0 bridgehead atoms. The van der Waals surface area contributed by atoms with Crippen LogP contribution in [0, 0.1) is 47.0 Å². The first-order chi connectivity index (χ1) is 13.5. The molecule has 0 amide bonds. The summed E-state index contributed by atoms with van der Waals surface area (Å²) >= 11 is 0. The molecular weight excluding hydrogens is 357 g/mol. The molecule has 0 spiro atoms. The maximum atomic E-state index is 13.6. The third-order valence-corrected chi connectivity index (χ3v) is 8.39. The third-order valence-electron chi connectivity index (χ3n) is 8.39. The Bertz CT molecular complexity index is 639. The molecule has 3 saturated carbocycles. The third kappa shape index (κ3) is 4.28. The van der Waals surface area contributed by atoms with E-state index in [1.807, 2.05) is 0 Å². The van der Waals surface area contributed by atoms with Gasteiger partial charge in [0.05, 0.1) is 0 Å². The van der Waals surface area contributed by atoms with Crippen LogP contribution in [-0.4, -0.2) is 0 Å². The molecule has 4 atom stereocenters. The molecule has 1 aromatic rings. The van der Waals surface area contributed by atoms with Crippen molar-refractivity contribution in [3.8, 4) is 0 Å². The molecule has 3 aliphatic carbocycles. The Balaban J connectivity index is 1.33. The summed E-state index contributed by atoms with van der Waals surface area (Å²) in [6.45, 7) is 2.30. The molecule has 28 heavy (non-hydrogen) atoms. The van der Waals surface area contributed by atoms with E-state index < -0.39 is 17.5 Å². The highest BCUT2D eigenvalue weighted by Crippen LogP contribution is 2.51. The predicted molar refractivity (Wildman–Crippen MR) is 108 cm³/mol. The summed E-state index contributed by atoms with van der Waals surface area (Å²) in [5.74, 6) is 1.05. The van der Waals surface area contributed by atoms with Crippen LogP contribution < -0.4 is 0 Å². The average molecular weight is 393 g/mol. The minimum Gasteiger partial charge on any atom is -0.204 e. The molecule has 1 aromatic carbocycles. The molecular formula is C25H35F3. The number of hydrogen-bond donors (Lipinski definition) is 0. The van der Waals surface area contributed by atoms with E-state index in [0.29, 0.717) is 11.5 Å². The zero-order valence-corrected chi connectivity index (χ0v) is 17.2. The first-order valence-corrected chi connectivity index (χ1v) is 11.7. The van der Waals surface area contributed by atoms with Crippen LogP contribution in [0.15, 0.2) is 12.1 Å². The number of halogens is 3. The van der Waals surface area contributed by atoms with E-state index in [0.717, 1.165) is 42.9 Å². The number of hydrogen-bond acceptors (Lipinski definition) is 0. The lowest BCUT2D eigenvalue weighted by Gasteiger charge is -2.45. The Morgan fingerprint density at radius 1 is 0.714 bits per heavy atom. The molecule has 0 N–H and O–H groups in total. The van der Waals surface area contributed by atoms with Crippen LogP contribution in [0.4, 0.5) is 13.2 Å². The van der Waals surface area contributed by atoms with Crippen LogP contribution >= 0.6 is 0 Å². The Morgan fingerprint density at radius 2 is 1.25 bits per heavy atom. The largest absolute Gasteiger partial charge is 0.204 e. The molecule has 156 valence electrons. The van der Waals surface area contributed by atoms with Gasteiger partial charge in [-0.1, -0.05) is 32.6 Å². The van der Waals surface area contributed by atoms with Crippen molar-refractivity contribution in [3.05, 3.63) is 35.1 Å². The van der Waals surface area contributed by atoms with Crippen molar-refractivity contribution >= 4 is 0 Å². The van der Waals surface area contributed by atoms with E-state index in [9.17, 15) is 13.2 Å². The number of benzene rings is 1. The van der Waals surface area contributed by atoms with Crippen LogP contribution in [0.25, 0.3) is 0 Å². The van der Waals surface area contributed by atoms with Gasteiger partial charge in [-0.3, -0.25) is 0 Å². The fourth-order valence-corrected chi connectivity index (χ4v) is 6.82. The fourth-order valence-electron chi connectivity index (χ4n) is 6.82. The quantitative estimate of drug-likeness (QED) is 0.455. The predicted octanol–water partition coefficient (Wildman–Crippen LogP) is 8.01. The van der Waals surface area contributed by atoms with Crippen molar-refractivity contribution < 1.29 is 13.2 Å². The second-order valence-electron chi connectivity index (χ2n) is 9.97. The van der Waals surface area contributed by atoms with Gasteiger partial charge in [0.2, 0.25) is 0 Å².